The summed E-state index contributed by atoms with van der Waals surface area (Å²) in [7, 11) is 5.82. The molecule has 0 aromatic heterocycles. The van der Waals surface area contributed by atoms with Gasteiger partial charge >= 0.3 is 0 Å². The molecule has 1 fully saturated rings. The van der Waals surface area contributed by atoms with E-state index >= 15 is 0 Å². The lowest BCUT2D eigenvalue weighted by Crippen LogP contribution is -2.45. The van der Waals surface area contributed by atoms with Crippen LogP contribution in [0.2, 0.25) is 0 Å². The highest BCUT2D eigenvalue weighted by Crippen LogP contribution is 2.32. The molecular weight excluding hydrogens is 252 g/mol. The van der Waals surface area contributed by atoms with Gasteiger partial charge in [0.25, 0.3) is 0 Å². The molecular formula is C16H34N2O2. The quantitative estimate of drug-likeness (QED) is 0.677. The van der Waals surface area contributed by atoms with Crippen LogP contribution in [0.4, 0.5) is 0 Å². The molecule has 2 N–H and O–H groups in total. The number of aliphatic hydroxyl groups is 1. The second-order valence-electron chi connectivity index (χ2n) is 6.45. The Kier molecular flexibility index (Phi) is 8.69. The minimum absolute atomic E-state index is 0.381. The van der Waals surface area contributed by atoms with Gasteiger partial charge in [-0.05, 0) is 45.2 Å². The number of aliphatic hydroxyl groups excluding tert-OH is 1. The van der Waals surface area contributed by atoms with Crippen LogP contribution < -0.4 is 5.32 Å². The second kappa shape index (κ2) is 9.72. The van der Waals surface area contributed by atoms with Crippen LogP contribution >= 0.6 is 0 Å². The van der Waals surface area contributed by atoms with Gasteiger partial charge in [-0.2, -0.15) is 0 Å². The minimum atomic E-state index is -0.381. The summed E-state index contributed by atoms with van der Waals surface area (Å²) in [5.74, 6) is 1.59. The highest BCUT2D eigenvalue weighted by Gasteiger charge is 2.30. The Morgan fingerprint density at radius 2 is 2.15 bits per heavy atom. The van der Waals surface area contributed by atoms with Gasteiger partial charge in [0, 0.05) is 26.2 Å². The van der Waals surface area contributed by atoms with Crippen LogP contribution in [0.5, 0.6) is 0 Å². The van der Waals surface area contributed by atoms with Crippen molar-refractivity contribution in [2.45, 2.75) is 51.2 Å². The van der Waals surface area contributed by atoms with Crippen LogP contribution in [0.1, 0.15) is 39.0 Å². The van der Waals surface area contributed by atoms with Crippen LogP contribution in [-0.2, 0) is 4.74 Å². The van der Waals surface area contributed by atoms with Gasteiger partial charge < -0.3 is 20.1 Å². The molecule has 4 nitrogen and oxygen atoms in total. The first-order valence-corrected chi connectivity index (χ1v) is 8.13. The van der Waals surface area contributed by atoms with Crippen molar-refractivity contribution in [3.05, 3.63) is 0 Å². The van der Waals surface area contributed by atoms with Crippen LogP contribution in [0.25, 0.3) is 0 Å². The van der Waals surface area contributed by atoms with Crippen LogP contribution in [0.3, 0.4) is 0 Å². The lowest BCUT2D eigenvalue weighted by Gasteiger charge is -2.38. The van der Waals surface area contributed by atoms with E-state index in [0.717, 1.165) is 12.5 Å². The summed E-state index contributed by atoms with van der Waals surface area (Å²) < 4.78 is 5.00. The van der Waals surface area contributed by atoms with Gasteiger partial charge in [0.15, 0.2) is 0 Å². The number of ether oxygens (including phenoxy) is 1. The predicted molar refractivity (Wildman–Crippen MR) is 84.0 cm³/mol. The summed E-state index contributed by atoms with van der Waals surface area (Å²) >= 11 is 0. The third kappa shape index (κ3) is 6.08. The molecule has 0 saturated heterocycles. The molecule has 0 spiro atoms. The average Bonchev–Trinajstić information content (AvgIpc) is 2.39. The number of nitrogens with one attached hydrogen (secondary N) is 1. The topological polar surface area (TPSA) is 44.7 Å². The molecule has 0 heterocycles. The first-order chi connectivity index (χ1) is 9.60. The van der Waals surface area contributed by atoms with Gasteiger partial charge in [0.2, 0.25) is 0 Å². The summed E-state index contributed by atoms with van der Waals surface area (Å²) in [4.78, 5) is 2.26. The van der Waals surface area contributed by atoms with Gasteiger partial charge in [0.05, 0.1) is 12.7 Å². The van der Waals surface area contributed by atoms with E-state index in [1.165, 1.54) is 32.1 Å². The van der Waals surface area contributed by atoms with E-state index in [1.807, 2.05) is 0 Å². The number of methoxy groups -OCH3 is 1. The molecule has 4 atom stereocenters. The Morgan fingerprint density at radius 3 is 2.75 bits per heavy atom. The van der Waals surface area contributed by atoms with Crippen molar-refractivity contribution in [1.29, 1.82) is 0 Å². The molecule has 1 aliphatic rings. The van der Waals surface area contributed by atoms with Crippen molar-refractivity contribution in [3.63, 3.8) is 0 Å². The Hall–Kier alpha value is -0.160. The van der Waals surface area contributed by atoms with Crippen LogP contribution in [0.15, 0.2) is 0 Å². The standard InChI is InChI=1S/C16H34N2O2/c1-5-6-13-7-8-16(17-2)14(9-13)10-18(3)11-15(19)12-20-4/h13-17,19H,5-12H2,1-4H3. The number of nitrogens with zero attached hydrogens (tertiary/aromatic N) is 1. The van der Waals surface area contributed by atoms with Gasteiger partial charge in [0.1, 0.15) is 0 Å². The smallest absolute Gasteiger partial charge is 0.0899 e. The number of likely N-dealkylation sites (N-methyl/N-ethyl adjacent to an activating group) is 1. The van der Waals surface area contributed by atoms with E-state index in [1.54, 1.807) is 7.11 Å². The van der Waals surface area contributed by atoms with Gasteiger partial charge in [-0.1, -0.05) is 19.8 Å². The second-order valence-corrected chi connectivity index (χ2v) is 6.45. The summed E-state index contributed by atoms with van der Waals surface area (Å²) in [6.45, 7) is 4.46. The molecule has 0 radical (unpaired) electrons. The Labute approximate surface area is 124 Å². The molecule has 4 unspecified atom stereocenters. The Balaban J connectivity index is 2.43. The predicted octanol–water partition coefficient (Wildman–Crippen LogP) is 1.73. The van der Waals surface area contributed by atoms with E-state index < -0.39 is 0 Å². The fourth-order valence-electron chi connectivity index (χ4n) is 3.69. The Bertz CT molecular complexity index is 251. The molecule has 4 heteroatoms. The molecule has 0 aromatic rings. The minimum Gasteiger partial charge on any atom is -0.389 e. The van der Waals surface area contributed by atoms with Crippen molar-refractivity contribution in [3.8, 4) is 0 Å². The molecule has 1 rings (SSSR count). The molecule has 1 aliphatic carbocycles. The van der Waals surface area contributed by atoms with Gasteiger partial charge in [-0.25, -0.2) is 0 Å². The van der Waals surface area contributed by atoms with E-state index in [2.05, 4.69) is 31.2 Å². The molecule has 1 saturated carbocycles. The molecule has 0 bridgehead atoms. The third-order valence-electron chi connectivity index (χ3n) is 4.59. The lowest BCUT2D eigenvalue weighted by molar-refractivity contribution is 0.0358. The first-order valence-electron chi connectivity index (χ1n) is 8.13. The highest BCUT2D eigenvalue weighted by atomic mass is 16.5. The monoisotopic (exact) mass is 286 g/mol. The number of hydrogen-bond acceptors (Lipinski definition) is 4. The zero-order valence-electron chi connectivity index (χ0n) is 13.8. The van der Waals surface area contributed by atoms with Crippen LogP contribution in [-0.4, -0.2) is 63.1 Å². The molecule has 0 aliphatic heterocycles. The summed E-state index contributed by atoms with van der Waals surface area (Å²) in [5, 5.41) is 13.3. The molecule has 20 heavy (non-hydrogen) atoms. The highest BCUT2D eigenvalue weighted by molar-refractivity contribution is 4.85. The van der Waals surface area contributed by atoms with Crippen molar-refractivity contribution in [1.82, 2.24) is 10.2 Å². The fraction of sp³-hybridized carbons (Fsp3) is 1.00. The Morgan fingerprint density at radius 1 is 1.40 bits per heavy atom. The van der Waals surface area contributed by atoms with E-state index in [9.17, 15) is 5.11 Å². The van der Waals surface area contributed by atoms with Gasteiger partial charge in [-0.3, -0.25) is 0 Å². The maximum Gasteiger partial charge on any atom is 0.0899 e. The van der Waals surface area contributed by atoms with E-state index in [0.29, 0.717) is 25.1 Å². The molecule has 120 valence electrons. The van der Waals surface area contributed by atoms with Crippen LogP contribution in [0, 0.1) is 11.8 Å². The van der Waals surface area contributed by atoms with Gasteiger partial charge in [-0.15, -0.1) is 0 Å². The van der Waals surface area contributed by atoms with Crippen molar-refractivity contribution in [2.75, 3.05) is 40.9 Å². The maximum atomic E-state index is 9.83. The molecule has 0 aromatic carbocycles. The van der Waals surface area contributed by atoms with E-state index in [4.69, 9.17) is 4.74 Å². The SMILES string of the molecule is CCCC1CCC(NC)C(CN(C)CC(O)COC)C1. The largest absolute Gasteiger partial charge is 0.389 e. The zero-order valence-corrected chi connectivity index (χ0v) is 13.8. The zero-order chi connectivity index (χ0) is 15.0. The van der Waals surface area contributed by atoms with Crippen molar-refractivity contribution < 1.29 is 9.84 Å². The van der Waals surface area contributed by atoms with Crippen molar-refractivity contribution >= 4 is 0 Å². The fourth-order valence-corrected chi connectivity index (χ4v) is 3.69. The average molecular weight is 286 g/mol. The lowest BCUT2D eigenvalue weighted by atomic mass is 9.76. The summed E-state index contributed by atoms with van der Waals surface area (Å²) in [6.07, 6.45) is 6.26. The first kappa shape index (κ1) is 17.9. The summed E-state index contributed by atoms with van der Waals surface area (Å²) in [5.41, 5.74) is 0. The number of hydrogen-bond donors (Lipinski definition) is 2. The molecule has 0 amide bonds. The normalized spacial score (nSPS) is 28.8. The maximum absolute atomic E-state index is 9.83. The summed E-state index contributed by atoms with van der Waals surface area (Å²) in [6, 6.07) is 0.630. The third-order valence-corrected chi connectivity index (χ3v) is 4.59. The van der Waals surface area contributed by atoms with Crippen molar-refractivity contribution in [2.24, 2.45) is 11.8 Å². The van der Waals surface area contributed by atoms with E-state index in [-0.39, 0.29) is 6.10 Å². The number of rotatable bonds is 9.